The van der Waals surface area contributed by atoms with E-state index in [1.807, 2.05) is 20.8 Å². The van der Waals surface area contributed by atoms with Crippen LogP contribution in [0.5, 0.6) is 0 Å². The van der Waals surface area contributed by atoms with E-state index in [4.69, 9.17) is 0 Å². The highest BCUT2D eigenvalue weighted by Gasteiger charge is 2.13. The molecule has 0 aromatic carbocycles. The first kappa shape index (κ1) is 13.7. The normalized spacial score (nSPS) is 11.2. The molecule has 0 aliphatic rings. The van der Waals surface area contributed by atoms with Gasteiger partial charge in [-0.1, -0.05) is 17.0 Å². The van der Waals surface area contributed by atoms with Gasteiger partial charge in [0.25, 0.3) is 0 Å². The number of carbonyl (C=O) groups excluding carboxylic acids is 1. The van der Waals surface area contributed by atoms with Crippen molar-refractivity contribution in [3.63, 3.8) is 0 Å². The van der Waals surface area contributed by atoms with Gasteiger partial charge in [0.15, 0.2) is 11.2 Å². The Morgan fingerprint density at radius 1 is 1.47 bits per heavy atom. The number of aromatic nitrogens is 5. The second-order valence-corrected chi connectivity index (χ2v) is 5.23. The molecule has 7 nitrogen and oxygen atoms in total. The van der Waals surface area contributed by atoms with E-state index in [1.165, 1.54) is 18.1 Å². The smallest absolute Gasteiger partial charge is 0.230 e. The van der Waals surface area contributed by atoms with Gasteiger partial charge in [0, 0.05) is 12.6 Å². The molecule has 1 N–H and O–H groups in total. The van der Waals surface area contributed by atoms with Crippen LogP contribution < -0.4 is 5.32 Å². The summed E-state index contributed by atoms with van der Waals surface area (Å²) in [7, 11) is 0. The van der Waals surface area contributed by atoms with Gasteiger partial charge >= 0.3 is 0 Å². The molecule has 2 aromatic rings. The van der Waals surface area contributed by atoms with Crippen molar-refractivity contribution in [2.24, 2.45) is 0 Å². The Hall–Kier alpha value is -1.70. The Labute approximate surface area is 115 Å². The van der Waals surface area contributed by atoms with Crippen molar-refractivity contribution in [3.05, 3.63) is 6.33 Å². The third kappa shape index (κ3) is 3.19. The van der Waals surface area contributed by atoms with E-state index >= 15 is 0 Å². The largest absolute Gasteiger partial charge is 0.353 e. The monoisotopic (exact) mass is 280 g/mol. The molecule has 2 heterocycles. The van der Waals surface area contributed by atoms with Crippen LogP contribution in [0.15, 0.2) is 11.4 Å². The zero-order chi connectivity index (χ0) is 13.8. The lowest BCUT2D eigenvalue weighted by atomic mass is 10.4. The van der Waals surface area contributed by atoms with E-state index in [2.05, 4.69) is 25.6 Å². The summed E-state index contributed by atoms with van der Waals surface area (Å²) in [5.74, 6) is 0.290. The maximum Gasteiger partial charge on any atom is 0.230 e. The van der Waals surface area contributed by atoms with Gasteiger partial charge in [-0.05, 0) is 20.8 Å². The van der Waals surface area contributed by atoms with Gasteiger partial charge in [-0.15, -0.1) is 5.10 Å². The molecule has 1 amide bonds. The highest BCUT2D eigenvalue weighted by atomic mass is 32.2. The van der Waals surface area contributed by atoms with E-state index in [0.717, 1.165) is 0 Å². The van der Waals surface area contributed by atoms with Crippen LogP contribution in [0.1, 0.15) is 20.8 Å². The van der Waals surface area contributed by atoms with Crippen LogP contribution in [0.2, 0.25) is 0 Å². The number of aryl methyl sites for hydroxylation is 1. The summed E-state index contributed by atoms with van der Waals surface area (Å²) in [6.45, 7) is 6.53. The van der Waals surface area contributed by atoms with Gasteiger partial charge < -0.3 is 5.32 Å². The molecule has 0 radical (unpaired) electrons. The second kappa shape index (κ2) is 5.96. The van der Waals surface area contributed by atoms with E-state index < -0.39 is 0 Å². The Morgan fingerprint density at radius 2 is 2.26 bits per heavy atom. The van der Waals surface area contributed by atoms with Crippen LogP contribution in [-0.2, 0) is 11.3 Å². The molecule has 0 atom stereocenters. The number of amides is 1. The molecular formula is C11H16N6OS. The lowest BCUT2D eigenvalue weighted by Gasteiger charge is -2.07. The summed E-state index contributed by atoms with van der Waals surface area (Å²) in [5.41, 5.74) is 1.34. The molecular weight excluding hydrogens is 264 g/mol. The van der Waals surface area contributed by atoms with Crippen LogP contribution in [0.3, 0.4) is 0 Å². The summed E-state index contributed by atoms with van der Waals surface area (Å²) >= 11 is 1.34. The van der Waals surface area contributed by atoms with Gasteiger partial charge in [0.2, 0.25) is 5.91 Å². The molecule has 2 rings (SSSR count). The van der Waals surface area contributed by atoms with Crippen molar-refractivity contribution in [1.82, 2.24) is 30.3 Å². The first-order valence-electron chi connectivity index (χ1n) is 6.08. The van der Waals surface area contributed by atoms with Gasteiger partial charge in [0.1, 0.15) is 11.4 Å². The number of thioether (sulfide) groups is 1. The molecule has 0 unspecified atom stereocenters. The molecule has 0 spiro atoms. The van der Waals surface area contributed by atoms with Crippen molar-refractivity contribution >= 4 is 28.8 Å². The van der Waals surface area contributed by atoms with E-state index in [0.29, 0.717) is 28.5 Å². The Morgan fingerprint density at radius 3 is 2.95 bits per heavy atom. The first-order chi connectivity index (χ1) is 9.11. The van der Waals surface area contributed by atoms with Crippen LogP contribution in [0.4, 0.5) is 0 Å². The number of nitrogens with zero attached hydrogens (tertiary/aromatic N) is 5. The van der Waals surface area contributed by atoms with Crippen molar-refractivity contribution in [3.8, 4) is 0 Å². The molecule has 102 valence electrons. The fourth-order valence-corrected chi connectivity index (χ4v) is 2.33. The number of carbonyl (C=O) groups is 1. The van der Waals surface area contributed by atoms with Crippen LogP contribution in [0.25, 0.3) is 11.2 Å². The highest BCUT2D eigenvalue weighted by Crippen LogP contribution is 2.21. The van der Waals surface area contributed by atoms with Gasteiger partial charge in [-0.2, -0.15) is 0 Å². The summed E-state index contributed by atoms with van der Waals surface area (Å²) in [4.78, 5) is 19.9. The molecule has 0 saturated heterocycles. The summed E-state index contributed by atoms with van der Waals surface area (Å²) in [6, 6.07) is 0.138. The quantitative estimate of drug-likeness (QED) is 0.646. The van der Waals surface area contributed by atoms with Crippen LogP contribution in [0, 0.1) is 0 Å². The Bertz CT molecular complexity index is 582. The Kier molecular flexibility index (Phi) is 4.31. The molecule has 19 heavy (non-hydrogen) atoms. The number of nitrogens with one attached hydrogen (secondary N) is 1. The van der Waals surface area contributed by atoms with E-state index in [-0.39, 0.29) is 11.9 Å². The van der Waals surface area contributed by atoms with Gasteiger partial charge in [-0.3, -0.25) is 4.79 Å². The third-order valence-corrected chi connectivity index (χ3v) is 3.33. The molecule has 0 aliphatic heterocycles. The molecule has 0 bridgehead atoms. The average molecular weight is 280 g/mol. The molecule has 0 aliphatic carbocycles. The fraction of sp³-hybridized carbons (Fsp3) is 0.545. The van der Waals surface area contributed by atoms with Crippen molar-refractivity contribution in [2.75, 3.05) is 5.75 Å². The zero-order valence-corrected chi connectivity index (χ0v) is 11.9. The number of fused-ring (bicyclic) bond motifs is 1. The van der Waals surface area contributed by atoms with Crippen molar-refractivity contribution in [2.45, 2.75) is 38.4 Å². The van der Waals surface area contributed by atoms with Gasteiger partial charge in [0.05, 0.1) is 5.75 Å². The minimum absolute atomic E-state index is 0.0188. The molecule has 8 heteroatoms. The summed E-state index contributed by atoms with van der Waals surface area (Å²) < 4.78 is 1.70. The Balaban J connectivity index is 2.13. The topological polar surface area (TPSA) is 85.6 Å². The first-order valence-corrected chi connectivity index (χ1v) is 7.06. The highest BCUT2D eigenvalue weighted by molar-refractivity contribution is 8.00. The lowest BCUT2D eigenvalue weighted by Crippen LogP contribution is -2.31. The average Bonchev–Trinajstić information content (AvgIpc) is 2.79. The maximum absolute atomic E-state index is 11.6. The second-order valence-electron chi connectivity index (χ2n) is 4.27. The number of hydrogen-bond acceptors (Lipinski definition) is 6. The standard InChI is InChI=1S/C11H16N6OS/c1-4-17-10-9(15-16-17)11(13-6-12-10)19-5-8(18)14-7(2)3/h6-7H,4-5H2,1-3H3,(H,14,18). The van der Waals surface area contributed by atoms with Crippen molar-refractivity contribution in [1.29, 1.82) is 0 Å². The molecule has 2 aromatic heterocycles. The zero-order valence-electron chi connectivity index (χ0n) is 11.1. The number of hydrogen-bond donors (Lipinski definition) is 1. The van der Waals surface area contributed by atoms with Crippen molar-refractivity contribution < 1.29 is 4.79 Å². The molecule has 0 fully saturated rings. The number of rotatable bonds is 5. The third-order valence-electron chi connectivity index (χ3n) is 2.36. The minimum Gasteiger partial charge on any atom is -0.353 e. The van der Waals surface area contributed by atoms with E-state index in [1.54, 1.807) is 4.68 Å². The van der Waals surface area contributed by atoms with E-state index in [9.17, 15) is 4.79 Å². The predicted octanol–water partition coefficient (Wildman–Crippen LogP) is 0.858. The fourth-order valence-electron chi connectivity index (χ4n) is 1.59. The molecule has 0 saturated carbocycles. The minimum atomic E-state index is -0.0188. The summed E-state index contributed by atoms with van der Waals surface area (Å²) in [6.07, 6.45) is 1.47. The SMILES string of the molecule is CCn1nnc2c(SCC(=O)NC(C)C)ncnc21. The van der Waals surface area contributed by atoms with Crippen LogP contribution >= 0.6 is 11.8 Å². The summed E-state index contributed by atoms with van der Waals surface area (Å²) in [5, 5.41) is 11.6. The van der Waals surface area contributed by atoms with Gasteiger partial charge in [-0.25, -0.2) is 14.6 Å². The lowest BCUT2D eigenvalue weighted by molar-refractivity contribution is -0.119. The predicted molar refractivity (Wildman–Crippen MR) is 72.8 cm³/mol. The maximum atomic E-state index is 11.6. The van der Waals surface area contributed by atoms with Crippen LogP contribution in [-0.4, -0.2) is 42.7 Å².